The highest BCUT2D eigenvalue weighted by molar-refractivity contribution is 5.79. The van der Waals surface area contributed by atoms with Crippen molar-refractivity contribution in [3.05, 3.63) is 11.6 Å². The smallest absolute Gasteiger partial charge is 0.310 e. The first-order chi connectivity index (χ1) is 18.8. The van der Waals surface area contributed by atoms with E-state index in [0.717, 1.165) is 64.2 Å². The Morgan fingerprint density at radius 1 is 0.902 bits per heavy atom. The van der Waals surface area contributed by atoms with E-state index in [-0.39, 0.29) is 45.5 Å². The molecule has 41 heavy (non-hydrogen) atoms. The van der Waals surface area contributed by atoms with Gasteiger partial charge in [0.05, 0.1) is 17.8 Å². The van der Waals surface area contributed by atoms with Gasteiger partial charge in [-0.15, -0.1) is 0 Å². The van der Waals surface area contributed by atoms with Gasteiger partial charge in [-0.3, -0.25) is 14.4 Å². The number of esters is 1. The Morgan fingerprint density at radius 2 is 1.56 bits per heavy atom. The summed E-state index contributed by atoms with van der Waals surface area (Å²) in [5.41, 5.74) is 0.943. The number of fused-ring (bicyclic) bond motifs is 7. The van der Waals surface area contributed by atoms with Gasteiger partial charge in [-0.05, 0) is 104 Å². The van der Waals surface area contributed by atoms with Crippen molar-refractivity contribution in [1.82, 2.24) is 0 Å². The Hall–Kier alpha value is -1.85. The minimum Gasteiger partial charge on any atom is -0.481 e. The average Bonchev–Trinajstić information content (AvgIpc) is 2.85. The molecule has 0 bridgehead atoms. The number of carboxylic acid groups (broad SMARTS) is 2. The van der Waals surface area contributed by atoms with Crippen molar-refractivity contribution in [2.45, 2.75) is 132 Å². The van der Waals surface area contributed by atoms with Crippen LogP contribution in [0.15, 0.2) is 11.6 Å². The zero-order chi connectivity index (χ0) is 30.4. The van der Waals surface area contributed by atoms with Gasteiger partial charge >= 0.3 is 17.9 Å². The Morgan fingerprint density at radius 3 is 2.20 bits per heavy atom. The van der Waals surface area contributed by atoms with Crippen molar-refractivity contribution in [2.75, 3.05) is 0 Å². The minimum atomic E-state index is -0.977. The molecule has 5 aliphatic rings. The fourth-order valence-corrected chi connectivity index (χ4v) is 11.4. The predicted molar refractivity (Wildman–Crippen MR) is 158 cm³/mol. The predicted octanol–water partition coefficient (Wildman–Crippen LogP) is 7.90. The molecule has 0 aromatic rings. The molecule has 0 aliphatic heterocycles. The van der Waals surface area contributed by atoms with Crippen LogP contribution in [0.5, 0.6) is 0 Å². The zero-order valence-electron chi connectivity index (χ0n) is 26.8. The van der Waals surface area contributed by atoms with Crippen LogP contribution >= 0.6 is 0 Å². The van der Waals surface area contributed by atoms with Gasteiger partial charge in [0.15, 0.2) is 0 Å². The zero-order valence-corrected chi connectivity index (χ0v) is 26.8. The van der Waals surface area contributed by atoms with E-state index in [1.807, 2.05) is 0 Å². The first kappa shape index (κ1) is 30.6. The summed E-state index contributed by atoms with van der Waals surface area (Å²) in [6.07, 6.45) is 11.5. The Bertz CT molecular complexity index is 1150. The summed E-state index contributed by atoms with van der Waals surface area (Å²) in [6, 6.07) is 0. The van der Waals surface area contributed by atoms with E-state index in [2.05, 4.69) is 54.5 Å². The molecule has 230 valence electrons. The van der Waals surface area contributed by atoms with E-state index in [0.29, 0.717) is 11.8 Å². The molecule has 0 aromatic heterocycles. The van der Waals surface area contributed by atoms with Crippen molar-refractivity contribution in [3.8, 4) is 0 Å². The number of carbonyl (C=O) groups excluding carboxylic acids is 1. The van der Waals surface area contributed by atoms with Crippen LogP contribution in [0.25, 0.3) is 0 Å². The summed E-state index contributed by atoms with van der Waals surface area (Å²) >= 11 is 0. The van der Waals surface area contributed by atoms with Gasteiger partial charge in [0.2, 0.25) is 0 Å². The first-order valence-corrected chi connectivity index (χ1v) is 16.2. The molecule has 6 nitrogen and oxygen atoms in total. The summed E-state index contributed by atoms with van der Waals surface area (Å²) in [6.45, 7) is 18.3. The van der Waals surface area contributed by atoms with E-state index >= 15 is 0 Å². The first-order valence-electron chi connectivity index (χ1n) is 16.2. The fourth-order valence-electron chi connectivity index (χ4n) is 11.4. The summed E-state index contributed by atoms with van der Waals surface area (Å²) in [4.78, 5) is 36.9. The van der Waals surface area contributed by atoms with Gasteiger partial charge in [-0.1, -0.05) is 67.0 Å². The summed E-state index contributed by atoms with van der Waals surface area (Å²) in [5.74, 6) is -1.62. The molecule has 1 unspecified atom stereocenters. The molecular weight excluding hydrogens is 516 g/mol. The van der Waals surface area contributed by atoms with Gasteiger partial charge in [0, 0.05) is 5.41 Å². The van der Waals surface area contributed by atoms with Crippen LogP contribution in [0, 0.1) is 56.2 Å². The number of aliphatic carboxylic acids is 2. The summed E-state index contributed by atoms with van der Waals surface area (Å²) in [5, 5.41) is 19.7. The molecule has 5 aliphatic carbocycles. The number of rotatable bonds is 5. The molecule has 4 saturated carbocycles. The Balaban J connectivity index is 1.46. The second-order valence-corrected chi connectivity index (χ2v) is 17.0. The molecule has 4 fully saturated rings. The Kier molecular flexibility index (Phi) is 7.15. The van der Waals surface area contributed by atoms with Gasteiger partial charge in [-0.2, -0.15) is 0 Å². The lowest BCUT2D eigenvalue weighted by Gasteiger charge is -2.71. The third-order valence-electron chi connectivity index (χ3n) is 14.1. The second-order valence-electron chi connectivity index (χ2n) is 17.0. The number of carbonyl (C=O) groups is 3. The number of carboxylic acids is 2. The van der Waals surface area contributed by atoms with Crippen molar-refractivity contribution < 1.29 is 29.3 Å². The molecule has 2 N–H and O–H groups in total. The minimum absolute atomic E-state index is 0.0132. The lowest BCUT2D eigenvalue weighted by molar-refractivity contribution is -0.215. The van der Waals surface area contributed by atoms with Crippen LogP contribution < -0.4 is 0 Å². The molecule has 5 rings (SSSR count). The SMILES string of the molecule is CC(CC(=O)O)C(=O)O[C@H]1CC[C@]2(C)[C@H]3CC=C4[C@@H]5CC(C)(C)CC[C@]5(C(=O)O)CC[C@@]4(C)[C@]3(C)CC[C@H]2C1(C)C. The number of hydrogen-bond donors (Lipinski definition) is 2. The van der Waals surface area contributed by atoms with Gasteiger partial charge in [0.1, 0.15) is 6.10 Å². The number of ether oxygens (including phenoxy) is 1. The fraction of sp³-hybridized carbons (Fsp3) is 0.857. The van der Waals surface area contributed by atoms with E-state index in [9.17, 15) is 19.5 Å². The normalized spacial score (nSPS) is 45.0. The van der Waals surface area contributed by atoms with Gasteiger partial charge in [-0.25, -0.2) is 0 Å². The topological polar surface area (TPSA) is 101 Å². The highest BCUT2D eigenvalue weighted by atomic mass is 16.5. The quantitative estimate of drug-likeness (QED) is 0.257. The maximum Gasteiger partial charge on any atom is 0.310 e. The molecule has 6 heteroatoms. The lowest BCUT2D eigenvalue weighted by Crippen LogP contribution is -2.65. The van der Waals surface area contributed by atoms with Crippen LogP contribution in [-0.4, -0.2) is 34.2 Å². The number of hydrogen-bond acceptors (Lipinski definition) is 4. The van der Waals surface area contributed by atoms with E-state index < -0.39 is 29.2 Å². The highest BCUT2D eigenvalue weighted by Crippen LogP contribution is 2.75. The largest absolute Gasteiger partial charge is 0.481 e. The Labute approximate surface area is 247 Å². The average molecular weight is 571 g/mol. The van der Waals surface area contributed by atoms with Crippen LogP contribution in [-0.2, 0) is 19.1 Å². The van der Waals surface area contributed by atoms with E-state index in [1.165, 1.54) is 5.57 Å². The standard InChI is InChI=1S/C35H54O6/c1-21(19-27(36)37)28(38)41-26-12-13-32(6)24(31(26,4)5)11-14-34(8)25(32)10-9-22-23-20-30(2,3)15-17-35(23,29(39)40)18-16-33(22,34)7/h9,21,23-26H,10-20H2,1-8H3,(H,36,37)(H,39,40)/t21?,23-,24-,25+,26-,32-,33+,34+,35-/m0/s1. The highest BCUT2D eigenvalue weighted by Gasteiger charge is 2.69. The molecule has 0 heterocycles. The van der Waals surface area contributed by atoms with E-state index in [4.69, 9.17) is 9.84 Å². The monoisotopic (exact) mass is 570 g/mol. The van der Waals surface area contributed by atoms with E-state index in [1.54, 1.807) is 6.92 Å². The maximum atomic E-state index is 12.9. The lowest BCUT2D eigenvalue weighted by atomic mass is 9.33. The summed E-state index contributed by atoms with van der Waals surface area (Å²) < 4.78 is 6.07. The third kappa shape index (κ3) is 4.34. The van der Waals surface area contributed by atoms with Crippen LogP contribution in [0.4, 0.5) is 0 Å². The molecule has 0 saturated heterocycles. The third-order valence-corrected chi connectivity index (χ3v) is 14.1. The van der Waals surface area contributed by atoms with Crippen molar-refractivity contribution in [1.29, 1.82) is 0 Å². The van der Waals surface area contributed by atoms with Gasteiger partial charge < -0.3 is 14.9 Å². The van der Waals surface area contributed by atoms with Gasteiger partial charge in [0.25, 0.3) is 0 Å². The van der Waals surface area contributed by atoms with Crippen LogP contribution in [0.3, 0.4) is 0 Å². The molecular formula is C35H54O6. The van der Waals surface area contributed by atoms with Crippen molar-refractivity contribution in [2.24, 2.45) is 56.2 Å². The molecule has 0 aromatic carbocycles. The molecule has 0 radical (unpaired) electrons. The maximum absolute atomic E-state index is 12.9. The summed E-state index contributed by atoms with van der Waals surface area (Å²) in [7, 11) is 0. The number of allylic oxidation sites excluding steroid dienone is 2. The second kappa shape index (κ2) is 9.58. The van der Waals surface area contributed by atoms with Crippen LogP contribution in [0.1, 0.15) is 126 Å². The molecule has 0 amide bonds. The van der Waals surface area contributed by atoms with Crippen molar-refractivity contribution >= 4 is 17.9 Å². The van der Waals surface area contributed by atoms with Crippen LogP contribution in [0.2, 0.25) is 0 Å². The van der Waals surface area contributed by atoms with Crippen molar-refractivity contribution in [3.63, 3.8) is 0 Å². The molecule has 0 spiro atoms. The molecule has 9 atom stereocenters.